The fourth-order valence-electron chi connectivity index (χ4n) is 2.87. The molecule has 1 aromatic rings. The first kappa shape index (κ1) is 19.7. The van der Waals surface area contributed by atoms with Gasteiger partial charge in [-0.15, -0.1) is 0 Å². The van der Waals surface area contributed by atoms with Gasteiger partial charge in [-0.25, -0.2) is 12.7 Å². The molecule has 1 fully saturated rings. The van der Waals surface area contributed by atoms with Crippen LogP contribution in [0.4, 0.5) is 0 Å². The molecule has 1 saturated heterocycles. The second-order valence-electron chi connectivity index (χ2n) is 6.21. The summed E-state index contributed by atoms with van der Waals surface area (Å²) in [5.74, 6) is 0.993. The topological polar surface area (TPSA) is 82.4 Å². The highest BCUT2D eigenvalue weighted by Crippen LogP contribution is 2.17. The van der Waals surface area contributed by atoms with Gasteiger partial charge in [0.1, 0.15) is 5.75 Å². The molecule has 0 radical (unpaired) electrons. The molecule has 0 atom stereocenters. The molecular weight excluding hydrogens is 338 g/mol. The lowest BCUT2D eigenvalue weighted by Crippen LogP contribution is -2.45. The number of nitrogens with zero attached hydrogens (tertiary/aromatic N) is 2. The maximum atomic E-state index is 11.9. The lowest BCUT2D eigenvalue weighted by molar-refractivity contribution is 0.288. The Bertz CT molecular complexity index is 677. The number of piperidine rings is 1. The molecule has 1 heterocycles. The highest BCUT2D eigenvalue weighted by atomic mass is 32.2. The van der Waals surface area contributed by atoms with Gasteiger partial charge in [-0.2, -0.15) is 5.26 Å². The van der Waals surface area contributed by atoms with Crippen LogP contribution in [0.1, 0.15) is 38.2 Å². The highest BCUT2D eigenvalue weighted by molar-refractivity contribution is 7.89. The Labute approximate surface area is 150 Å². The lowest BCUT2D eigenvalue weighted by Gasteiger charge is -2.31. The number of benzene rings is 1. The Hall–Kier alpha value is -1.62. The Kier molecular flexibility index (Phi) is 7.69. The Morgan fingerprint density at radius 1 is 1.36 bits per heavy atom. The fraction of sp³-hybridized carbons (Fsp3) is 0.611. The number of hydrogen-bond donors (Lipinski definition) is 1. The second kappa shape index (κ2) is 9.76. The van der Waals surface area contributed by atoms with E-state index in [1.54, 1.807) is 11.2 Å². The summed E-state index contributed by atoms with van der Waals surface area (Å²) in [5.41, 5.74) is 1.14. The number of nitriles is 1. The molecule has 1 aromatic carbocycles. The molecule has 1 aliphatic rings. The van der Waals surface area contributed by atoms with E-state index in [-0.39, 0.29) is 5.75 Å². The van der Waals surface area contributed by atoms with Crippen LogP contribution in [-0.4, -0.2) is 44.2 Å². The van der Waals surface area contributed by atoms with E-state index in [0.29, 0.717) is 32.2 Å². The van der Waals surface area contributed by atoms with E-state index in [0.717, 1.165) is 37.1 Å². The summed E-state index contributed by atoms with van der Waals surface area (Å²) in [6.45, 7) is 4.16. The van der Waals surface area contributed by atoms with Gasteiger partial charge in [0.15, 0.2) is 0 Å². The van der Waals surface area contributed by atoms with Crippen LogP contribution in [0.25, 0.3) is 0 Å². The van der Waals surface area contributed by atoms with Crippen LogP contribution >= 0.6 is 0 Å². The van der Waals surface area contributed by atoms with Crippen molar-refractivity contribution in [1.82, 2.24) is 9.62 Å². The van der Waals surface area contributed by atoms with Crippen molar-refractivity contribution in [1.29, 1.82) is 5.26 Å². The molecule has 7 heteroatoms. The summed E-state index contributed by atoms with van der Waals surface area (Å²) >= 11 is 0. The average Bonchev–Trinajstić information content (AvgIpc) is 2.64. The van der Waals surface area contributed by atoms with Crippen molar-refractivity contribution in [3.05, 3.63) is 29.8 Å². The first-order valence-corrected chi connectivity index (χ1v) is 10.5. The van der Waals surface area contributed by atoms with Gasteiger partial charge < -0.3 is 10.1 Å². The van der Waals surface area contributed by atoms with Gasteiger partial charge in [-0.05, 0) is 43.9 Å². The van der Waals surface area contributed by atoms with Gasteiger partial charge in [0.2, 0.25) is 10.0 Å². The molecule has 25 heavy (non-hydrogen) atoms. The minimum absolute atomic E-state index is 0.173. The maximum absolute atomic E-state index is 11.9. The Morgan fingerprint density at radius 3 is 2.80 bits per heavy atom. The van der Waals surface area contributed by atoms with Crippen LogP contribution in [0.3, 0.4) is 0 Å². The Balaban J connectivity index is 1.76. The zero-order chi connectivity index (χ0) is 18.1. The minimum atomic E-state index is -3.06. The largest absolute Gasteiger partial charge is 0.494 e. The minimum Gasteiger partial charge on any atom is -0.494 e. The van der Waals surface area contributed by atoms with Crippen LogP contribution in [0.15, 0.2) is 24.3 Å². The standard InChI is InChI=1S/C18H27N3O3S/c1-2-25(22,23)21-11-8-17(9-12-21)20-15-16-6-5-7-18(14-16)24-13-4-3-10-19/h5-7,14,17,20H,2-4,8-9,11-13,15H2,1H3. The molecule has 0 amide bonds. The second-order valence-corrected chi connectivity index (χ2v) is 8.47. The number of hydrogen-bond acceptors (Lipinski definition) is 5. The normalized spacial score (nSPS) is 16.5. The molecule has 1 aliphatic heterocycles. The predicted octanol–water partition coefficient (Wildman–Crippen LogP) is 2.27. The summed E-state index contributed by atoms with van der Waals surface area (Å²) in [6.07, 6.45) is 2.92. The van der Waals surface area contributed by atoms with Crippen LogP contribution in [0, 0.1) is 11.3 Å². The molecule has 1 N–H and O–H groups in total. The van der Waals surface area contributed by atoms with Crippen LogP contribution in [-0.2, 0) is 16.6 Å². The van der Waals surface area contributed by atoms with E-state index in [1.807, 2.05) is 24.3 Å². The zero-order valence-electron chi connectivity index (χ0n) is 14.8. The van der Waals surface area contributed by atoms with Gasteiger partial charge in [-0.1, -0.05) is 12.1 Å². The van der Waals surface area contributed by atoms with Crippen LogP contribution < -0.4 is 10.1 Å². The van der Waals surface area contributed by atoms with E-state index in [9.17, 15) is 8.42 Å². The van der Waals surface area contributed by atoms with Crippen molar-refractivity contribution < 1.29 is 13.2 Å². The van der Waals surface area contributed by atoms with Crippen LogP contribution in [0.5, 0.6) is 5.75 Å². The van der Waals surface area contributed by atoms with E-state index in [2.05, 4.69) is 11.4 Å². The molecule has 0 aromatic heterocycles. The van der Waals surface area contributed by atoms with Gasteiger partial charge in [0.25, 0.3) is 0 Å². The van der Waals surface area contributed by atoms with Crippen molar-refractivity contribution in [2.75, 3.05) is 25.4 Å². The molecule has 2 rings (SSSR count). The van der Waals surface area contributed by atoms with E-state index >= 15 is 0 Å². The summed E-state index contributed by atoms with van der Waals surface area (Å²) in [5, 5.41) is 12.0. The van der Waals surface area contributed by atoms with Crippen LogP contribution in [0.2, 0.25) is 0 Å². The number of unbranched alkanes of at least 4 members (excludes halogenated alkanes) is 1. The predicted molar refractivity (Wildman–Crippen MR) is 97.7 cm³/mol. The van der Waals surface area contributed by atoms with Gasteiger partial charge >= 0.3 is 0 Å². The monoisotopic (exact) mass is 365 g/mol. The molecule has 0 spiro atoms. The molecular formula is C18H27N3O3S. The fourth-order valence-corrected chi connectivity index (χ4v) is 4.00. The van der Waals surface area contributed by atoms with Gasteiger partial charge in [-0.3, -0.25) is 0 Å². The van der Waals surface area contributed by atoms with Crippen molar-refractivity contribution in [2.24, 2.45) is 0 Å². The smallest absolute Gasteiger partial charge is 0.213 e. The summed E-state index contributed by atoms with van der Waals surface area (Å²) < 4.78 is 31.0. The molecule has 0 unspecified atom stereocenters. The highest BCUT2D eigenvalue weighted by Gasteiger charge is 2.26. The SMILES string of the molecule is CCS(=O)(=O)N1CCC(NCc2cccc(OCCCC#N)c2)CC1. The third kappa shape index (κ3) is 6.31. The lowest BCUT2D eigenvalue weighted by atomic mass is 10.1. The third-order valence-electron chi connectivity index (χ3n) is 4.41. The molecule has 138 valence electrons. The molecule has 0 bridgehead atoms. The summed E-state index contributed by atoms with van der Waals surface area (Å²) in [6, 6.07) is 10.4. The summed E-state index contributed by atoms with van der Waals surface area (Å²) in [4.78, 5) is 0. The quantitative estimate of drug-likeness (QED) is 0.679. The maximum Gasteiger partial charge on any atom is 0.213 e. The van der Waals surface area contributed by atoms with Crippen molar-refractivity contribution in [2.45, 2.75) is 45.2 Å². The molecule has 6 nitrogen and oxygen atoms in total. The third-order valence-corrected chi connectivity index (χ3v) is 6.29. The molecule has 0 aliphatic carbocycles. The van der Waals surface area contributed by atoms with E-state index in [1.165, 1.54) is 0 Å². The Morgan fingerprint density at radius 2 is 2.12 bits per heavy atom. The van der Waals surface area contributed by atoms with Crippen molar-refractivity contribution in [3.8, 4) is 11.8 Å². The summed E-state index contributed by atoms with van der Waals surface area (Å²) in [7, 11) is -3.06. The van der Waals surface area contributed by atoms with Gasteiger partial charge in [0, 0.05) is 32.1 Å². The van der Waals surface area contributed by atoms with E-state index < -0.39 is 10.0 Å². The van der Waals surface area contributed by atoms with Gasteiger partial charge in [0.05, 0.1) is 18.4 Å². The van der Waals surface area contributed by atoms with Crippen molar-refractivity contribution >= 4 is 10.0 Å². The number of sulfonamides is 1. The first-order chi connectivity index (χ1) is 12.0. The number of rotatable bonds is 9. The average molecular weight is 365 g/mol. The number of ether oxygens (including phenoxy) is 1. The first-order valence-electron chi connectivity index (χ1n) is 8.85. The molecule has 0 saturated carbocycles. The van der Waals surface area contributed by atoms with E-state index in [4.69, 9.17) is 10.00 Å². The van der Waals surface area contributed by atoms with Crippen molar-refractivity contribution in [3.63, 3.8) is 0 Å². The zero-order valence-corrected chi connectivity index (χ0v) is 15.6. The number of nitrogens with one attached hydrogen (secondary N) is 1.